The molecule has 1 aliphatic heterocycles. The third-order valence-corrected chi connectivity index (χ3v) is 5.84. The Morgan fingerprint density at radius 2 is 2.21 bits per heavy atom. The Morgan fingerprint density at radius 1 is 1.29 bits per heavy atom. The minimum Gasteiger partial charge on any atom is -0.368 e. The number of piperidine rings is 1. The number of fused-ring (bicyclic) bond motifs is 2. The molecular weight excluding hydrogens is 298 g/mol. The van der Waals surface area contributed by atoms with Gasteiger partial charge in [0.2, 0.25) is 5.95 Å². The molecule has 1 fully saturated rings. The second-order valence-corrected chi connectivity index (χ2v) is 7.17. The van der Waals surface area contributed by atoms with Crippen LogP contribution in [-0.4, -0.2) is 39.5 Å². The van der Waals surface area contributed by atoms with Crippen molar-refractivity contribution < 1.29 is 0 Å². The molecular formula is C19H21N5. The van der Waals surface area contributed by atoms with Crippen molar-refractivity contribution in [1.82, 2.24) is 19.9 Å². The molecule has 3 atom stereocenters. The van der Waals surface area contributed by atoms with Crippen molar-refractivity contribution in [2.45, 2.75) is 30.7 Å². The minimum atomic E-state index is 0.371. The van der Waals surface area contributed by atoms with E-state index >= 15 is 0 Å². The van der Waals surface area contributed by atoms with Gasteiger partial charge in [0, 0.05) is 47.7 Å². The fourth-order valence-corrected chi connectivity index (χ4v) is 4.77. The Bertz CT molecular complexity index is 915. The third kappa shape index (κ3) is 1.97. The Labute approximate surface area is 140 Å². The number of anilines is 1. The summed E-state index contributed by atoms with van der Waals surface area (Å²) >= 11 is 0. The Morgan fingerprint density at radius 3 is 3.08 bits per heavy atom. The van der Waals surface area contributed by atoms with Gasteiger partial charge in [-0.15, -0.1) is 0 Å². The number of rotatable bonds is 1. The first-order valence-electron chi connectivity index (χ1n) is 8.58. The molecule has 0 saturated carbocycles. The van der Waals surface area contributed by atoms with Crippen LogP contribution in [0.15, 0.2) is 36.7 Å². The van der Waals surface area contributed by atoms with Crippen molar-refractivity contribution in [1.29, 1.82) is 0 Å². The first-order valence-corrected chi connectivity index (χ1v) is 8.58. The maximum Gasteiger partial charge on any atom is 0.220 e. The van der Waals surface area contributed by atoms with Gasteiger partial charge < -0.3 is 15.6 Å². The van der Waals surface area contributed by atoms with Crippen LogP contribution in [0.3, 0.4) is 0 Å². The highest BCUT2D eigenvalue weighted by atomic mass is 15.2. The zero-order valence-corrected chi connectivity index (χ0v) is 13.7. The number of nitrogens with one attached hydrogen (secondary N) is 1. The first-order chi connectivity index (χ1) is 11.7. The number of H-pyrrole nitrogens is 1. The van der Waals surface area contributed by atoms with Crippen LogP contribution >= 0.6 is 0 Å². The monoisotopic (exact) mass is 319 g/mol. The SMILES string of the molecule is CN1C[C@H](c2ccnc(N)n2)CC2c3cccc4[nH]cc(c34)C[C@H]21. The van der Waals surface area contributed by atoms with Gasteiger partial charge >= 0.3 is 0 Å². The molecule has 5 heteroatoms. The van der Waals surface area contributed by atoms with Gasteiger partial charge in [0.25, 0.3) is 0 Å². The molecule has 0 spiro atoms. The Balaban J connectivity index is 1.58. The summed E-state index contributed by atoms with van der Waals surface area (Å²) in [4.78, 5) is 14.5. The van der Waals surface area contributed by atoms with Crippen LogP contribution in [0.2, 0.25) is 0 Å². The lowest BCUT2D eigenvalue weighted by Gasteiger charge is -2.45. The number of hydrogen-bond donors (Lipinski definition) is 2. The molecule has 1 saturated heterocycles. The first kappa shape index (κ1) is 14.0. The van der Waals surface area contributed by atoms with Gasteiger partial charge in [-0.25, -0.2) is 9.97 Å². The van der Waals surface area contributed by atoms with Crippen molar-refractivity contribution in [2.24, 2.45) is 0 Å². The van der Waals surface area contributed by atoms with Gasteiger partial charge in [0.15, 0.2) is 0 Å². The van der Waals surface area contributed by atoms with Crippen LogP contribution in [0.5, 0.6) is 0 Å². The van der Waals surface area contributed by atoms with Crippen molar-refractivity contribution in [3.05, 3.63) is 53.5 Å². The van der Waals surface area contributed by atoms with Crippen molar-refractivity contribution >= 4 is 16.9 Å². The molecule has 3 heterocycles. The lowest BCUT2D eigenvalue weighted by Crippen LogP contribution is -2.47. The fraction of sp³-hybridized carbons (Fsp3) is 0.368. The molecule has 0 bridgehead atoms. The van der Waals surface area contributed by atoms with E-state index in [-0.39, 0.29) is 0 Å². The fourth-order valence-electron chi connectivity index (χ4n) is 4.77. The minimum absolute atomic E-state index is 0.371. The molecule has 2 aromatic heterocycles. The second kappa shape index (κ2) is 5.05. The van der Waals surface area contributed by atoms with E-state index in [1.807, 2.05) is 6.07 Å². The number of nitrogens with two attached hydrogens (primary N) is 1. The Hall–Kier alpha value is -2.40. The highest BCUT2D eigenvalue weighted by Crippen LogP contribution is 2.46. The molecule has 2 aliphatic rings. The molecule has 122 valence electrons. The maximum absolute atomic E-state index is 5.80. The van der Waals surface area contributed by atoms with Gasteiger partial charge in [0.1, 0.15) is 0 Å². The summed E-state index contributed by atoms with van der Waals surface area (Å²) in [6, 6.07) is 9.24. The summed E-state index contributed by atoms with van der Waals surface area (Å²) in [6.07, 6.45) is 6.21. The van der Waals surface area contributed by atoms with Crippen LogP contribution in [0.25, 0.3) is 10.9 Å². The largest absolute Gasteiger partial charge is 0.368 e. The highest BCUT2D eigenvalue weighted by molar-refractivity contribution is 5.88. The second-order valence-electron chi connectivity index (χ2n) is 7.17. The van der Waals surface area contributed by atoms with Crippen LogP contribution in [0, 0.1) is 0 Å². The Kier molecular flexibility index (Phi) is 2.94. The summed E-state index contributed by atoms with van der Waals surface area (Å²) < 4.78 is 0. The number of aromatic amines is 1. The predicted octanol–water partition coefficient (Wildman–Crippen LogP) is 2.67. The highest BCUT2D eigenvalue weighted by Gasteiger charge is 2.40. The summed E-state index contributed by atoms with van der Waals surface area (Å²) in [6.45, 7) is 1.02. The van der Waals surface area contributed by atoms with E-state index in [9.17, 15) is 0 Å². The number of likely N-dealkylation sites (tertiary alicyclic amines) is 1. The quantitative estimate of drug-likeness (QED) is 0.723. The van der Waals surface area contributed by atoms with E-state index in [1.165, 1.54) is 22.0 Å². The lowest BCUT2D eigenvalue weighted by molar-refractivity contribution is 0.138. The van der Waals surface area contributed by atoms with Crippen LogP contribution in [0.4, 0.5) is 5.95 Å². The summed E-state index contributed by atoms with van der Waals surface area (Å²) in [5.74, 6) is 1.31. The van der Waals surface area contributed by atoms with Gasteiger partial charge in [-0.2, -0.15) is 0 Å². The number of hydrogen-bond acceptors (Lipinski definition) is 4. The van der Waals surface area contributed by atoms with E-state index in [1.54, 1.807) is 6.20 Å². The van der Waals surface area contributed by atoms with Gasteiger partial charge in [-0.1, -0.05) is 12.1 Å². The zero-order chi connectivity index (χ0) is 16.3. The predicted molar refractivity (Wildman–Crippen MR) is 95.0 cm³/mol. The number of likely N-dealkylation sites (N-methyl/N-ethyl adjacent to an activating group) is 1. The van der Waals surface area contributed by atoms with E-state index in [4.69, 9.17) is 5.73 Å². The lowest BCUT2D eigenvalue weighted by atomic mass is 9.72. The molecule has 0 radical (unpaired) electrons. The van der Waals surface area contributed by atoms with Gasteiger partial charge in [0.05, 0.1) is 5.69 Å². The molecule has 3 aromatic rings. The molecule has 5 nitrogen and oxygen atoms in total. The van der Waals surface area contributed by atoms with Crippen LogP contribution in [0.1, 0.15) is 35.1 Å². The standard InChI is InChI=1S/C19H21N5/c1-24-10-12(15-5-6-21-19(20)23-15)7-14-13-3-2-4-16-18(13)11(9-22-16)8-17(14)24/h2-6,9,12,14,17,22H,7-8,10H2,1H3,(H2,20,21,23)/t12-,14?,17-/m1/s1. The van der Waals surface area contributed by atoms with Crippen molar-refractivity contribution in [3.8, 4) is 0 Å². The maximum atomic E-state index is 5.80. The van der Waals surface area contributed by atoms with Crippen LogP contribution < -0.4 is 5.73 Å². The average molecular weight is 319 g/mol. The third-order valence-electron chi connectivity index (χ3n) is 5.84. The molecule has 1 aliphatic carbocycles. The normalized spacial score (nSPS) is 26.5. The van der Waals surface area contributed by atoms with Crippen molar-refractivity contribution in [3.63, 3.8) is 0 Å². The summed E-state index contributed by atoms with van der Waals surface area (Å²) in [5.41, 5.74) is 11.1. The number of aromatic nitrogens is 3. The topological polar surface area (TPSA) is 70.8 Å². The summed E-state index contributed by atoms with van der Waals surface area (Å²) in [5, 5.41) is 1.44. The van der Waals surface area contributed by atoms with Gasteiger partial charge in [-0.05, 0) is 43.1 Å². The van der Waals surface area contributed by atoms with E-state index in [0.717, 1.165) is 25.1 Å². The average Bonchev–Trinajstić information content (AvgIpc) is 3.00. The van der Waals surface area contributed by atoms with Gasteiger partial charge in [-0.3, -0.25) is 0 Å². The van der Waals surface area contributed by atoms with E-state index in [0.29, 0.717) is 23.8 Å². The van der Waals surface area contributed by atoms with E-state index < -0.39 is 0 Å². The van der Waals surface area contributed by atoms with E-state index in [2.05, 4.69) is 51.3 Å². The number of nitrogens with zero attached hydrogens (tertiary/aromatic N) is 3. The molecule has 0 amide bonds. The van der Waals surface area contributed by atoms with Crippen molar-refractivity contribution in [2.75, 3.05) is 19.3 Å². The molecule has 24 heavy (non-hydrogen) atoms. The molecule has 5 rings (SSSR count). The molecule has 1 unspecified atom stereocenters. The molecule has 3 N–H and O–H groups in total. The van der Waals surface area contributed by atoms with Crippen LogP contribution in [-0.2, 0) is 6.42 Å². The zero-order valence-electron chi connectivity index (χ0n) is 13.7. The molecule has 1 aromatic carbocycles. The summed E-state index contributed by atoms with van der Waals surface area (Å²) in [7, 11) is 2.24. The number of benzene rings is 1. The number of nitrogen functional groups attached to an aromatic ring is 1. The smallest absolute Gasteiger partial charge is 0.220 e.